The number of halogens is 2. The van der Waals surface area contributed by atoms with E-state index in [-0.39, 0.29) is 5.82 Å². The van der Waals surface area contributed by atoms with Gasteiger partial charge >= 0.3 is 0 Å². The molecule has 0 amide bonds. The molecule has 94 valence electrons. The van der Waals surface area contributed by atoms with E-state index in [9.17, 15) is 4.39 Å². The van der Waals surface area contributed by atoms with E-state index in [0.29, 0.717) is 22.7 Å². The van der Waals surface area contributed by atoms with Gasteiger partial charge in [0.05, 0.1) is 10.7 Å². The van der Waals surface area contributed by atoms with Gasteiger partial charge in [0.1, 0.15) is 5.82 Å². The lowest BCUT2D eigenvalue weighted by Gasteiger charge is -2.09. The molecule has 0 fully saturated rings. The molecule has 18 heavy (non-hydrogen) atoms. The van der Waals surface area contributed by atoms with Crippen LogP contribution >= 0.6 is 11.6 Å². The molecule has 3 heteroatoms. The Balaban J connectivity index is 2.36. The summed E-state index contributed by atoms with van der Waals surface area (Å²) in [6.45, 7) is 3.73. The van der Waals surface area contributed by atoms with Gasteiger partial charge in [0.15, 0.2) is 0 Å². The summed E-state index contributed by atoms with van der Waals surface area (Å²) in [5.74, 6) is -0.186. The molecule has 0 aromatic heterocycles. The highest BCUT2D eigenvalue weighted by atomic mass is 35.5. The molecule has 0 aliphatic rings. The second kappa shape index (κ2) is 4.99. The molecule has 0 aliphatic carbocycles. The number of hydrogen-bond acceptors (Lipinski definition) is 1. The summed E-state index contributed by atoms with van der Waals surface area (Å²) >= 11 is 6.19. The second-order valence-electron chi connectivity index (χ2n) is 4.59. The Morgan fingerprint density at radius 1 is 1.17 bits per heavy atom. The first-order chi connectivity index (χ1) is 8.47. The van der Waals surface area contributed by atoms with Crippen LogP contribution in [-0.2, 0) is 6.42 Å². The van der Waals surface area contributed by atoms with E-state index >= 15 is 0 Å². The van der Waals surface area contributed by atoms with Crippen LogP contribution < -0.4 is 5.73 Å². The molecule has 0 atom stereocenters. The number of benzene rings is 2. The van der Waals surface area contributed by atoms with E-state index < -0.39 is 0 Å². The van der Waals surface area contributed by atoms with Crippen LogP contribution in [0.4, 0.5) is 10.1 Å². The summed E-state index contributed by atoms with van der Waals surface area (Å²) in [6, 6.07) is 8.96. The first kappa shape index (κ1) is 12.9. The van der Waals surface area contributed by atoms with E-state index in [1.54, 1.807) is 13.0 Å². The highest BCUT2D eigenvalue weighted by Crippen LogP contribution is 2.27. The Morgan fingerprint density at radius 3 is 2.56 bits per heavy atom. The van der Waals surface area contributed by atoms with Crippen LogP contribution in [0.15, 0.2) is 30.3 Å². The zero-order chi connectivity index (χ0) is 13.3. The summed E-state index contributed by atoms with van der Waals surface area (Å²) in [5.41, 5.74) is 10.1. The number of hydrogen-bond donors (Lipinski definition) is 1. The smallest absolute Gasteiger partial charge is 0.126 e. The van der Waals surface area contributed by atoms with Crippen LogP contribution in [0.25, 0.3) is 0 Å². The molecular weight excluding hydrogens is 249 g/mol. The summed E-state index contributed by atoms with van der Waals surface area (Å²) in [5, 5.41) is 0.586. The van der Waals surface area contributed by atoms with Crippen molar-refractivity contribution in [2.75, 3.05) is 5.73 Å². The van der Waals surface area contributed by atoms with Crippen molar-refractivity contribution in [3.63, 3.8) is 0 Å². The number of anilines is 1. The minimum absolute atomic E-state index is 0.186. The SMILES string of the molecule is Cc1cc(N)c(Cl)c(Cc2ccc(F)c(C)c2)c1. The minimum Gasteiger partial charge on any atom is -0.398 e. The highest BCUT2D eigenvalue weighted by Gasteiger charge is 2.07. The van der Waals surface area contributed by atoms with Gasteiger partial charge in [-0.25, -0.2) is 4.39 Å². The van der Waals surface area contributed by atoms with Gasteiger partial charge in [-0.15, -0.1) is 0 Å². The highest BCUT2D eigenvalue weighted by molar-refractivity contribution is 6.33. The predicted molar refractivity (Wildman–Crippen MR) is 74.5 cm³/mol. The van der Waals surface area contributed by atoms with Crippen molar-refractivity contribution in [2.45, 2.75) is 20.3 Å². The van der Waals surface area contributed by atoms with Crippen molar-refractivity contribution >= 4 is 17.3 Å². The van der Waals surface area contributed by atoms with Crippen molar-refractivity contribution < 1.29 is 4.39 Å². The second-order valence-corrected chi connectivity index (χ2v) is 4.97. The first-order valence-corrected chi connectivity index (χ1v) is 6.14. The Morgan fingerprint density at radius 2 is 1.89 bits per heavy atom. The van der Waals surface area contributed by atoms with Crippen molar-refractivity contribution in [3.05, 3.63) is 63.4 Å². The average molecular weight is 264 g/mol. The van der Waals surface area contributed by atoms with Crippen molar-refractivity contribution in [3.8, 4) is 0 Å². The number of nitrogen functional groups attached to an aromatic ring is 1. The van der Waals surface area contributed by atoms with Crippen LogP contribution in [0.1, 0.15) is 22.3 Å². The number of aryl methyl sites for hydroxylation is 2. The van der Waals surface area contributed by atoms with Gasteiger partial charge in [0.25, 0.3) is 0 Å². The molecule has 2 aromatic rings. The maximum atomic E-state index is 13.2. The molecule has 0 radical (unpaired) electrons. The lowest BCUT2D eigenvalue weighted by Crippen LogP contribution is -1.96. The van der Waals surface area contributed by atoms with Gasteiger partial charge in [-0.3, -0.25) is 0 Å². The van der Waals surface area contributed by atoms with E-state index in [1.165, 1.54) is 6.07 Å². The van der Waals surface area contributed by atoms with Gasteiger partial charge in [-0.2, -0.15) is 0 Å². The van der Waals surface area contributed by atoms with E-state index in [2.05, 4.69) is 0 Å². The van der Waals surface area contributed by atoms with Crippen LogP contribution in [-0.4, -0.2) is 0 Å². The van der Waals surface area contributed by atoms with Gasteiger partial charge in [-0.05, 0) is 54.7 Å². The van der Waals surface area contributed by atoms with Crippen LogP contribution in [0.3, 0.4) is 0 Å². The summed E-state index contributed by atoms with van der Waals surface area (Å²) < 4.78 is 13.2. The van der Waals surface area contributed by atoms with Gasteiger partial charge in [0.2, 0.25) is 0 Å². The maximum Gasteiger partial charge on any atom is 0.126 e. The van der Waals surface area contributed by atoms with Crippen LogP contribution in [0, 0.1) is 19.7 Å². The molecule has 0 spiro atoms. The fourth-order valence-electron chi connectivity index (χ4n) is 2.04. The molecule has 2 aromatic carbocycles. The molecule has 1 nitrogen and oxygen atoms in total. The van der Waals surface area contributed by atoms with Gasteiger partial charge in [0, 0.05) is 0 Å². The monoisotopic (exact) mass is 263 g/mol. The molecular formula is C15H15ClFN. The number of rotatable bonds is 2. The molecule has 0 bridgehead atoms. The zero-order valence-electron chi connectivity index (χ0n) is 10.4. The molecule has 2 N–H and O–H groups in total. The average Bonchev–Trinajstić information content (AvgIpc) is 2.30. The molecule has 0 aliphatic heterocycles. The van der Waals surface area contributed by atoms with Crippen LogP contribution in [0.5, 0.6) is 0 Å². The number of nitrogens with two attached hydrogens (primary N) is 1. The summed E-state index contributed by atoms with van der Waals surface area (Å²) in [6.07, 6.45) is 0.659. The maximum absolute atomic E-state index is 13.2. The topological polar surface area (TPSA) is 26.0 Å². The minimum atomic E-state index is -0.186. The van der Waals surface area contributed by atoms with Crippen molar-refractivity contribution in [1.29, 1.82) is 0 Å². The summed E-state index contributed by atoms with van der Waals surface area (Å²) in [7, 11) is 0. The molecule has 0 unspecified atom stereocenters. The Hall–Kier alpha value is -1.54. The lowest BCUT2D eigenvalue weighted by atomic mass is 10.0. The van der Waals surface area contributed by atoms with Crippen molar-refractivity contribution in [1.82, 2.24) is 0 Å². The molecule has 0 saturated carbocycles. The fourth-order valence-corrected chi connectivity index (χ4v) is 2.22. The first-order valence-electron chi connectivity index (χ1n) is 5.77. The van der Waals surface area contributed by atoms with Crippen molar-refractivity contribution in [2.24, 2.45) is 0 Å². The molecule has 0 saturated heterocycles. The predicted octanol–water partition coefficient (Wildman–Crippen LogP) is 4.27. The van der Waals surface area contributed by atoms with E-state index in [0.717, 1.165) is 16.7 Å². The largest absolute Gasteiger partial charge is 0.398 e. The van der Waals surface area contributed by atoms with E-state index in [1.807, 2.05) is 25.1 Å². The summed E-state index contributed by atoms with van der Waals surface area (Å²) in [4.78, 5) is 0. The third-order valence-electron chi connectivity index (χ3n) is 2.94. The third kappa shape index (κ3) is 2.65. The van der Waals surface area contributed by atoms with E-state index in [4.69, 9.17) is 17.3 Å². The van der Waals surface area contributed by atoms with Gasteiger partial charge in [-0.1, -0.05) is 29.8 Å². The lowest BCUT2D eigenvalue weighted by molar-refractivity contribution is 0.618. The standard InChI is InChI=1S/C15H15ClFN/c1-9-5-12(15(16)14(18)6-9)8-11-3-4-13(17)10(2)7-11/h3-7H,8,18H2,1-2H3. The normalized spacial score (nSPS) is 10.7. The third-order valence-corrected chi connectivity index (χ3v) is 3.40. The Labute approximate surface area is 111 Å². The van der Waals surface area contributed by atoms with Gasteiger partial charge < -0.3 is 5.73 Å². The fraction of sp³-hybridized carbons (Fsp3) is 0.200. The Kier molecular flexibility index (Phi) is 3.58. The molecule has 2 rings (SSSR count). The zero-order valence-corrected chi connectivity index (χ0v) is 11.2. The quantitative estimate of drug-likeness (QED) is 0.805. The molecule has 0 heterocycles. The van der Waals surface area contributed by atoms with Crippen LogP contribution in [0.2, 0.25) is 5.02 Å². The Bertz CT molecular complexity index is 593.